The van der Waals surface area contributed by atoms with E-state index >= 15 is 0 Å². The molecule has 0 saturated carbocycles. The predicted octanol–water partition coefficient (Wildman–Crippen LogP) is 1.26. The molecule has 1 heterocycles. The molecule has 5 heteroatoms. The van der Waals surface area contributed by atoms with Gasteiger partial charge in [-0.1, -0.05) is 13.8 Å². The summed E-state index contributed by atoms with van der Waals surface area (Å²) in [6, 6.07) is 1.75. The zero-order valence-corrected chi connectivity index (χ0v) is 11.2. The summed E-state index contributed by atoms with van der Waals surface area (Å²) in [4.78, 5) is 20.7. The first-order valence-electron chi connectivity index (χ1n) is 5.91. The van der Waals surface area contributed by atoms with E-state index in [1.165, 1.54) is 6.07 Å². The molecule has 0 spiro atoms. The van der Waals surface area contributed by atoms with Crippen molar-refractivity contribution < 1.29 is 0 Å². The van der Waals surface area contributed by atoms with Crippen LogP contribution < -0.4 is 10.9 Å². The minimum absolute atomic E-state index is 0.108. The van der Waals surface area contributed by atoms with Crippen LogP contribution in [0.1, 0.15) is 32.5 Å². The van der Waals surface area contributed by atoms with E-state index < -0.39 is 0 Å². The van der Waals surface area contributed by atoms with Crippen LogP contribution in [0.4, 0.5) is 5.82 Å². The van der Waals surface area contributed by atoms with Crippen LogP contribution in [0.25, 0.3) is 0 Å². The van der Waals surface area contributed by atoms with Crippen molar-refractivity contribution in [1.82, 2.24) is 14.9 Å². The summed E-state index contributed by atoms with van der Waals surface area (Å²) in [5.74, 6) is 1.58. The van der Waals surface area contributed by atoms with Crippen molar-refractivity contribution in [2.75, 3.05) is 26.0 Å². The third-order valence-corrected chi connectivity index (χ3v) is 2.34. The number of likely N-dealkylation sites (N-methyl/N-ethyl adjacent to an activating group) is 1. The molecule has 0 bridgehead atoms. The molecule has 1 aromatic rings. The molecule has 0 aromatic carbocycles. The van der Waals surface area contributed by atoms with E-state index in [2.05, 4.69) is 27.1 Å². The fraction of sp³-hybridized carbons (Fsp3) is 0.667. The quantitative estimate of drug-likeness (QED) is 0.810. The Kier molecular flexibility index (Phi) is 4.69. The van der Waals surface area contributed by atoms with Crippen LogP contribution in [0, 0.1) is 0 Å². The van der Waals surface area contributed by atoms with Gasteiger partial charge in [-0.05, 0) is 21.0 Å². The molecule has 0 aliphatic heterocycles. The van der Waals surface area contributed by atoms with Gasteiger partial charge in [-0.3, -0.25) is 4.79 Å². The molecular formula is C12H22N4O. The Bertz CT molecular complexity index is 411. The Labute approximate surface area is 102 Å². The molecule has 1 atom stereocenters. The van der Waals surface area contributed by atoms with Gasteiger partial charge >= 0.3 is 0 Å². The third-order valence-electron chi connectivity index (χ3n) is 2.34. The molecule has 1 unspecified atom stereocenters. The number of nitrogens with zero attached hydrogens (tertiary/aromatic N) is 2. The summed E-state index contributed by atoms with van der Waals surface area (Å²) >= 11 is 0. The molecule has 96 valence electrons. The van der Waals surface area contributed by atoms with Crippen molar-refractivity contribution in [3.05, 3.63) is 22.2 Å². The molecule has 0 aliphatic rings. The largest absolute Gasteiger partial charge is 0.366 e. The Morgan fingerprint density at radius 1 is 1.41 bits per heavy atom. The lowest BCUT2D eigenvalue weighted by Crippen LogP contribution is -2.30. The number of rotatable bonds is 5. The molecule has 1 rings (SSSR count). The van der Waals surface area contributed by atoms with Crippen LogP contribution in [-0.2, 0) is 0 Å². The molecule has 5 nitrogen and oxygen atoms in total. The van der Waals surface area contributed by atoms with Gasteiger partial charge in [0.05, 0.1) is 0 Å². The normalized spacial score (nSPS) is 13.1. The highest BCUT2D eigenvalue weighted by molar-refractivity contribution is 5.34. The predicted molar refractivity (Wildman–Crippen MR) is 70.6 cm³/mol. The fourth-order valence-electron chi connectivity index (χ4n) is 1.67. The summed E-state index contributed by atoms with van der Waals surface area (Å²) in [5, 5.41) is 3.24. The molecule has 17 heavy (non-hydrogen) atoms. The number of aromatic amines is 1. The Morgan fingerprint density at radius 2 is 2.06 bits per heavy atom. The molecule has 0 saturated heterocycles. The van der Waals surface area contributed by atoms with Gasteiger partial charge in [-0.25, -0.2) is 4.98 Å². The van der Waals surface area contributed by atoms with E-state index in [0.717, 1.165) is 12.4 Å². The van der Waals surface area contributed by atoms with E-state index in [4.69, 9.17) is 0 Å². The summed E-state index contributed by atoms with van der Waals surface area (Å²) in [6.45, 7) is 6.97. The highest BCUT2D eigenvalue weighted by Gasteiger charge is 2.08. The van der Waals surface area contributed by atoms with Crippen LogP contribution in [0.3, 0.4) is 0 Å². The molecule has 0 fully saturated rings. The molecule has 1 aromatic heterocycles. The lowest BCUT2D eigenvalue weighted by molar-refractivity contribution is 0.392. The zero-order chi connectivity index (χ0) is 13.0. The van der Waals surface area contributed by atoms with E-state index in [-0.39, 0.29) is 17.5 Å². The first-order chi connectivity index (χ1) is 7.88. The third kappa shape index (κ3) is 4.56. The van der Waals surface area contributed by atoms with Crippen LogP contribution in [0.5, 0.6) is 0 Å². The number of hydrogen-bond acceptors (Lipinski definition) is 4. The second kappa shape index (κ2) is 5.82. The van der Waals surface area contributed by atoms with Crippen molar-refractivity contribution in [1.29, 1.82) is 0 Å². The SMILES string of the molecule is CC(CN(C)C)Nc1cc(=O)[nH]c(C(C)C)n1. The maximum atomic E-state index is 11.5. The maximum Gasteiger partial charge on any atom is 0.252 e. The molecule has 0 aliphatic carbocycles. The van der Waals surface area contributed by atoms with Crippen molar-refractivity contribution in [3.8, 4) is 0 Å². The van der Waals surface area contributed by atoms with Crippen molar-refractivity contribution in [2.24, 2.45) is 0 Å². The monoisotopic (exact) mass is 238 g/mol. The summed E-state index contributed by atoms with van der Waals surface area (Å²) in [5.41, 5.74) is -0.108. The number of hydrogen-bond donors (Lipinski definition) is 2. The van der Waals surface area contributed by atoms with Gasteiger partial charge in [0, 0.05) is 24.6 Å². The molecule has 0 amide bonds. The summed E-state index contributed by atoms with van der Waals surface area (Å²) < 4.78 is 0. The average Bonchev–Trinajstić information content (AvgIpc) is 2.14. The molecule has 2 N–H and O–H groups in total. The Balaban J connectivity index is 2.80. The molecule has 0 radical (unpaired) electrons. The number of anilines is 1. The summed E-state index contributed by atoms with van der Waals surface area (Å²) in [7, 11) is 4.03. The van der Waals surface area contributed by atoms with E-state index in [0.29, 0.717) is 5.82 Å². The number of nitrogens with one attached hydrogen (secondary N) is 2. The van der Waals surface area contributed by atoms with Gasteiger partial charge in [0.1, 0.15) is 11.6 Å². The fourth-order valence-corrected chi connectivity index (χ4v) is 1.67. The highest BCUT2D eigenvalue weighted by Crippen LogP contribution is 2.09. The van der Waals surface area contributed by atoms with E-state index in [9.17, 15) is 4.79 Å². The first-order valence-corrected chi connectivity index (χ1v) is 5.91. The smallest absolute Gasteiger partial charge is 0.252 e. The van der Waals surface area contributed by atoms with Gasteiger partial charge in [-0.2, -0.15) is 0 Å². The number of aromatic nitrogens is 2. The van der Waals surface area contributed by atoms with Crippen LogP contribution in [-0.4, -0.2) is 41.5 Å². The van der Waals surface area contributed by atoms with Gasteiger partial charge in [0.25, 0.3) is 5.56 Å². The van der Waals surface area contributed by atoms with Crippen LogP contribution in [0.2, 0.25) is 0 Å². The van der Waals surface area contributed by atoms with Gasteiger partial charge < -0.3 is 15.2 Å². The Hall–Kier alpha value is -1.36. The van der Waals surface area contributed by atoms with E-state index in [1.807, 2.05) is 27.9 Å². The first kappa shape index (κ1) is 13.7. The lowest BCUT2D eigenvalue weighted by Gasteiger charge is -2.19. The van der Waals surface area contributed by atoms with Crippen molar-refractivity contribution in [3.63, 3.8) is 0 Å². The second-order valence-electron chi connectivity index (χ2n) is 4.98. The minimum Gasteiger partial charge on any atom is -0.366 e. The van der Waals surface area contributed by atoms with Gasteiger partial charge in [0.2, 0.25) is 0 Å². The van der Waals surface area contributed by atoms with E-state index in [1.54, 1.807) is 0 Å². The minimum atomic E-state index is -0.108. The number of H-pyrrole nitrogens is 1. The lowest BCUT2D eigenvalue weighted by atomic mass is 10.2. The zero-order valence-electron chi connectivity index (χ0n) is 11.2. The standard InChI is InChI=1S/C12H22N4O/c1-8(2)12-14-10(6-11(17)15-12)13-9(3)7-16(4)5/h6,8-9H,7H2,1-5H3,(H2,13,14,15,17). The summed E-state index contributed by atoms with van der Waals surface area (Å²) in [6.07, 6.45) is 0. The van der Waals surface area contributed by atoms with Crippen molar-refractivity contribution >= 4 is 5.82 Å². The van der Waals surface area contributed by atoms with Crippen molar-refractivity contribution in [2.45, 2.75) is 32.7 Å². The maximum absolute atomic E-state index is 11.5. The van der Waals surface area contributed by atoms with Crippen LogP contribution in [0.15, 0.2) is 10.9 Å². The molecular weight excluding hydrogens is 216 g/mol. The average molecular weight is 238 g/mol. The Morgan fingerprint density at radius 3 is 2.59 bits per heavy atom. The van der Waals surface area contributed by atoms with Gasteiger partial charge in [0.15, 0.2) is 0 Å². The van der Waals surface area contributed by atoms with Gasteiger partial charge in [-0.15, -0.1) is 0 Å². The topological polar surface area (TPSA) is 61.0 Å². The van der Waals surface area contributed by atoms with Crippen LogP contribution >= 0.6 is 0 Å². The highest BCUT2D eigenvalue weighted by atomic mass is 16.1. The second-order valence-corrected chi connectivity index (χ2v) is 4.98.